The Hall–Kier alpha value is -5.52. The maximum atomic E-state index is 13.3. The van der Waals surface area contributed by atoms with E-state index in [1.165, 1.54) is 6.21 Å². The topological polar surface area (TPSA) is 156 Å². The fraction of sp³-hybridized carbons (Fsp3) is 0.111. The number of carbonyl (C=O) groups excluding carboxylic acids is 1. The number of hydrogen-bond donors (Lipinski definition) is 2. The molecule has 0 spiro atoms. The van der Waals surface area contributed by atoms with E-state index in [0.29, 0.717) is 41.5 Å². The van der Waals surface area contributed by atoms with Crippen LogP contribution in [0.1, 0.15) is 28.5 Å². The van der Waals surface area contributed by atoms with Crippen LogP contribution < -0.4 is 20.6 Å². The smallest absolute Gasteiger partial charge is 0.292 e. The molecule has 12 nitrogen and oxygen atoms in total. The summed E-state index contributed by atoms with van der Waals surface area (Å²) in [6, 6.07) is 24.3. The van der Waals surface area contributed by atoms with Crippen molar-refractivity contribution >= 4 is 17.9 Å². The lowest BCUT2D eigenvalue weighted by atomic mass is 10.1. The number of hydrogen-bond acceptors (Lipinski definition) is 10. The highest BCUT2D eigenvalue weighted by Gasteiger charge is 2.25. The molecule has 0 bridgehead atoms. The van der Waals surface area contributed by atoms with Gasteiger partial charge < -0.3 is 15.2 Å². The van der Waals surface area contributed by atoms with E-state index in [1.807, 2.05) is 61.5 Å². The maximum absolute atomic E-state index is 13.3. The average molecular weight is 525 g/mol. The third-order valence-corrected chi connectivity index (χ3v) is 5.51. The first-order chi connectivity index (χ1) is 19.1. The molecular weight excluding hydrogens is 500 g/mol. The predicted molar refractivity (Wildman–Crippen MR) is 143 cm³/mol. The van der Waals surface area contributed by atoms with Gasteiger partial charge >= 0.3 is 0 Å². The van der Waals surface area contributed by atoms with Crippen LogP contribution in [0.3, 0.4) is 0 Å². The number of rotatable bonds is 10. The van der Waals surface area contributed by atoms with Gasteiger partial charge in [-0.25, -0.2) is 10.1 Å². The molecule has 2 heterocycles. The quantitative estimate of drug-likeness (QED) is 0.206. The molecule has 0 aliphatic heterocycles. The normalized spacial score (nSPS) is 11.0. The highest BCUT2D eigenvalue weighted by atomic mass is 16.6. The second-order valence-electron chi connectivity index (χ2n) is 8.15. The Bertz CT molecular complexity index is 1580. The number of hydrazone groups is 1. The Morgan fingerprint density at radius 3 is 2.51 bits per heavy atom. The van der Waals surface area contributed by atoms with Crippen molar-refractivity contribution in [1.29, 1.82) is 0 Å². The number of nitrogen functional groups attached to an aromatic ring is 1. The molecule has 196 valence electrons. The fourth-order valence-corrected chi connectivity index (χ4v) is 3.71. The Labute approximate surface area is 223 Å². The summed E-state index contributed by atoms with van der Waals surface area (Å²) in [5, 5.41) is 19.6. The molecule has 0 saturated heterocycles. The van der Waals surface area contributed by atoms with E-state index in [9.17, 15) is 4.79 Å². The molecule has 0 fully saturated rings. The summed E-state index contributed by atoms with van der Waals surface area (Å²) in [4.78, 5) is 13.3. The lowest BCUT2D eigenvalue weighted by Crippen LogP contribution is -2.22. The first kappa shape index (κ1) is 25.1. The minimum atomic E-state index is -0.592. The monoisotopic (exact) mass is 524 g/mol. The minimum absolute atomic E-state index is 0.0336. The summed E-state index contributed by atoms with van der Waals surface area (Å²) in [6.07, 6.45) is 1.49. The Balaban J connectivity index is 1.36. The number of nitrogens with one attached hydrogen (secondary N) is 1. The summed E-state index contributed by atoms with van der Waals surface area (Å²) in [5.74, 6) is 0.557. The molecule has 0 atom stereocenters. The molecule has 2 aromatic heterocycles. The van der Waals surface area contributed by atoms with E-state index in [2.05, 4.69) is 35.8 Å². The number of ether oxygens (including phenoxy) is 2. The fourth-order valence-electron chi connectivity index (χ4n) is 3.71. The van der Waals surface area contributed by atoms with Crippen LogP contribution in [0.4, 0.5) is 5.82 Å². The molecular formula is C27H24N8O4. The third-order valence-electron chi connectivity index (χ3n) is 5.51. The molecule has 0 aliphatic rings. The zero-order valence-corrected chi connectivity index (χ0v) is 20.9. The number of amides is 1. The summed E-state index contributed by atoms with van der Waals surface area (Å²) < 4.78 is 17.5. The van der Waals surface area contributed by atoms with Crippen LogP contribution in [-0.2, 0) is 6.61 Å². The molecule has 5 rings (SSSR count). The first-order valence-corrected chi connectivity index (χ1v) is 12.0. The lowest BCUT2D eigenvalue weighted by molar-refractivity contribution is 0.0947. The van der Waals surface area contributed by atoms with Gasteiger partial charge in [-0.1, -0.05) is 65.9 Å². The van der Waals surface area contributed by atoms with Crippen LogP contribution in [0, 0.1) is 0 Å². The van der Waals surface area contributed by atoms with Gasteiger partial charge in [-0.15, -0.1) is 5.10 Å². The van der Waals surface area contributed by atoms with Gasteiger partial charge in [-0.3, -0.25) is 4.79 Å². The van der Waals surface area contributed by atoms with Gasteiger partial charge in [-0.2, -0.15) is 9.78 Å². The van der Waals surface area contributed by atoms with Crippen molar-refractivity contribution in [3.05, 3.63) is 95.7 Å². The molecule has 0 aliphatic carbocycles. The van der Waals surface area contributed by atoms with Gasteiger partial charge in [0, 0.05) is 5.56 Å². The molecule has 3 N–H and O–H groups in total. The predicted octanol–water partition coefficient (Wildman–Crippen LogP) is 3.64. The van der Waals surface area contributed by atoms with Gasteiger partial charge in [0.1, 0.15) is 12.3 Å². The summed E-state index contributed by atoms with van der Waals surface area (Å²) >= 11 is 0. The Morgan fingerprint density at radius 2 is 1.79 bits per heavy atom. The largest absolute Gasteiger partial charge is 0.490 e. The maximum Gasteiger partial charge on any atom is 0.292 e. The van der Waals surface area contributed by atoms with Gasteiger partial charge in [0.2, 0.25) is 11.6 Å². The number of nitrogens with zero attached hydrogens (tertiary/aromatic N) is 6. The van der Waals surface area contributed by atoms with E-state index in [-0.39, 0.29) is 17.3 Å². The van der Waals surface area contributed by atoms with Gasteiger partial charge in [0.15, 0.2) is 17.2 Å². The summed E-state index contributed by atoms with van der Waals surface area (Å²) in [6.45, 7) is 2.75. The van der Waals surface area contributed by atoms with Crippen LogP contribution in [0.2, 0.25) is 0 Å². The van der Waals surface area contributed by atoms with E-state index >= 15 is 0 Å². The Morgan fingerprint density at radius 1 is 1.03 bits per heavy atom. The van der Waals surface area contributed by atoms with Crippen LogP contribution >= 0.6 is 0 Å². The van der Waals surface area contributed by atoms with Crippen molar-refractivity contribution in [3.8, 4) is 28.6 Å². The van der Waals surface area contributed by atoms with Crippen LogP contribution in [-0.4, -0.2) is 44.0 Å². The lowest BCUT2D eigenvalue weighted by Gasteiger charge is -2.12. The van der Waals surface area contributed by atoms with Crippen LogP contribution in [0.5, 0.6) is 11.5 Å². The average Bonchev–Trinajstić information content (AvgIpc) is 3.60. The van der Waals surface area contributed by atoms with Crippen LogP contribution in [0.25, 0.3) is 17.1 Å². The van der Waals surface area contributed by atoms with E-state index in [1.54, 1.807) is 24.3 Å². The van der Waals surface area contributed by atoms with Gasteiger partial charge in [0.25, 0.3) is 5.91 Å². The standard InChI is InChI=1S/C27H24N8O4/c1-2-37-22-15-19(13-14-21(22)38-17-18-9-5-3-6-10-18)16-29-31-27(36)24-23(20-11-7-4-8-12-20)30-34-35(24)26-25(28)32-39-33-26/h3-16H,2,17H2,1H3,(H2,28,32)(H,31,36)/b29-16+. The Kier molecular flexibility index (Phi) is 7.53. The molecule has 0 saturated carbocycles. The molecule has 0 unspecified atom stereocenters. The second kappa shape index (κ2) is 11.7. The van der Waals surface area contributed by atoms with Crippen molar-refractivity contribution < 1.29 is 18.9 Å². The number of nitrogens with two attached hydrogens (primary N) is 1. The SMILES string of the molecule is CCOc1cc(/C=N/NC(=O)c2c(-c3ccccc3)nnn2-c2nonc2N)ccc1OCc1ccccc1. The molecule has 12 heteroatoms. The summed E-state index contributed by atoms with van der Waals surface area (Å²) in [5.41, 5.74) is 11.1. The zero-order valence-electron chi connectivity index (χ0n) is 20.9. The molecule has 0 radical (unpaired) electrons. The minimum Gasteiger partial charge on any atom is -0.490 e. The van der Waals surface area contributed by atoms with E-state index in [4.69, 9.17) is 15.2 Å². The van der Waals surface area contributed by atoms with E-state index < -0.39 is 5.91 Å². The zero-order chi connectivity index (χ0) is 27.0. The van der Waals surface area contributed by atoms with Crippen LogP contribution in [0.15, 0.2) is 88.6 Å². The number of carbonyl (C=O) groups is 1. The van der Waals surface area contributed by atoms with E-state index in [0.717, 1.165) is 10.2 Å². The highest BCUT2D eigenvalue weighted by molar-refractivity contribution is 5.99. The highest BCUT2D eigenvalue weighted by Crippen LogP contribution is 2.29. The molecule has 5 aromatic rings. The molecule has 1 amide bonds. The van der Waals surface area contributed by atoms with Crippen molar-refractivity contribution in [3.63, 3.8) is 0 Å². The molecule has 3 aromatic carbocycles. The number of aromatic nitrogens is 5. The van der Waals surface area contributed by atoms with Crippen molar-refractivity contribution in [2.24, 2.45) is 5.10 Å². The summed E-state index contributed by atoms with van der Waals surface area (Å²) in [7, 11) is 0. The van der Waals surface area contributed by atoms with Gasteiger partial charge in [-0.05, 0) is 46.6 Å². The van der Waals surface area contributed by atoms with Crippen molar-refractivity contribution in [2.45, 2.75) is 13.5 Å². The van der Waals surface area contributed by atoms with Gasteiger partial charge in [0.05, 0.1) is 12.8 Å². The van der Waals surface area contributed by atoms with Crippen molar-refractivity contribution in [1.82, 2.24) is 30.7 Å². The molecule has 39 heavy (non-hydrogen) atoms. The first-order valence-electron chi connectivity index (χ1n) is 12.0. The second-order valence-corrected chi connectivity index (χ2v) is 8.15. The van der Waals surface area contributed by atoms with Crippen molar-refractivity contribution in [2.75, 3.05) is 12.3 Å². The third kappa shape index (κ3) is 5.74. The number of anilines is 1. The number of benzene rings is 3.